The fourth-order valence-electron chi connectivity index (χ4n) is 3.77. The van der Waals surface area contributed by atoms with Crippen molar-refractivity contribution in [1.29, 1.82) is 0 Å². The molecular formula is C24H24N2O4S. The van der Waals surface area contributed by atoms with Crippen molar-refractivity contribution in [2.24, 2.45) is 0 Å². The van der Waals surface area contributed by atoms with E-state index in [1.54, 1.807) is 6.08 Å². The van der Waals surface area contributed by atoms with Crippen LogP contribution in [0.2, 0.25) is 0 Å². The molecule has 0 atom stereocenters. The molecule has 1 aliphatic carbocycles. The first kappa shape index (κ1) is 22.4. The highest BCUT2D eigenvalue weighted by Crippen LogP contribution is 2.46. The Labute approximate surface area is 187 Å². The second-order valence-electron chi connectivity index (χ2n) is 8.06. The van der Waals surface area contributed by atoms with Crippen LogP contribution in [0.5, 0.6) is 0 Å². The molecule has 0 amide bonds. The Morgan fingerprint density at radius 1 is 1.29 bits per heavy atom. The van der Waals surface area contributed by atoms with Crippen molar-refractivity contribution in [1.82, 2.24) is 0 Å². The highest BCUT2D eigenvalue weighted by Gasteiger charge is 2.37. The molecular weight excluding hydrogens is 412 g/mol. The molecule has 0 aromatic heterocycles. The summed E-state index contributed by atoms with van der Waals surface area (Å²) in [5.74, 6) is -0.569. The number of hydrogen-bond donors (Lipinski definition) is 0. The number of thiocarbonyl (C=S) groups is 1. The fraction of sp³-hybridized carbons (Fsp3) is 0.250. The van der Waals surface area contributed by atoms with Crippen LogP contribution in [0, 0.1) is 10.1 Å². The minimum atomic E-state index is -0.569. The van der Waals surface area contributed by atoms with E-state index in [2.05, 4.69) is 37.5 Å². The van der Waals surface area contributed by atoms with Crippen LogP contribution in [-0.4, -0.2) is 29.4 Å². The van der Waals surface area contributed by atoms with Gasteiger partial charge >= 0.3 is 5.97 Å². The zero-order chi connectivity index (χ0) is 22.9. The molecule has 3 rings (SSSR count). The van der Waals surface area contributed by atoms with E-state index in [-0.39, 0.29) is 23.3 Å². The number of allylic oxidation sites excluding steroid dienone is 6. The number of para-hydroxylation sites is 1. The molecule has 0 spiro atoms. The minimum absolute atomic E-state index is 0.109. The third kappa shape index (κ3) is 4.27. The van der Waals surface area contributed by atoms with Crippen molar-refractivity contribution in [2.45, 2.75) is 26.2 Å². The van der Waals surface area contributed by atoms with Gasteiger partial charge in [-0.3, -0.25) is 10.1 Å². The number of rotatable bonds is 5. The van der Waals surface area contributed by atoms with Gasteiger partial charge in [0.05, 0.1) is 9.79 Å². The summed E-state index contributed by atoms with van der Waals surface area (Å²) < 4.78 is 5.17. The summed E-state index contributed by atoms with van der Waals surface area (Å²) in [6.07, 6.45) is 6.52. The van der Waals surface area contributed by atoms with Gasteiger partial charge in [0.1, 0.15) is 6.61 Å². The van der Waals surface area contributed by atoms with E-state index in [4.69, 9.17) is 17.0 Å². The summed E-state index contributed by atoms with van der Waals surface area (Å²) in [6.45, 7) is 9.20. The Hall–Kier alpha value is -3.32. The van der Waals surface area contributed by atoms with Gasteiger partial charge in [0.25, 0.3) is 5.70 Å². The van der Waals surface area contributed by atoms with Crippen molar-refractivity contribution in [3.63, 3.8) is 0 Å². The molecule has 7 heteroatoms. The van der Waals surface area contributed by atoms with E-state index in [9.17, 15) is 14.9 Å². The van der Waals surface area contributed by atoms with Gasteiger partial charge in [0, 0.05) is 47.1 Å². The Bertz CT molecular complexity index is 1120. The molecule has 1 aliphatic heterocycles. The highest BCUT2D eigenvalue weighted by molar-refractivity contribution is 7.81. The molecule has 2 aliphatic rings. The van der Waals surface area contributed by atoms with Crippen molar-refractivity contribution < 1.29 is 14.5 Å². The standard InChI is InChI=1S/C24H24N2O4S/c1-15(2)23(27)30-14-17-13-18(26(28)29)12-16(22(17)31)10-11-21-24(3,4)19-8-6-7-9-20(19)25(21)5/h6-13H,1,14H2,2-5H3/b16-10-,21-11+. The molecule has 1 aromatic carbocycles. The molecule has 1 heterocycles. The first-order chi connectivity index (χ1) is 14.5. The third-order valence-electron chi connectivity index (χ3n) is 5.46. The third-order valence-corrected chi connectivity index (χ3v) is 5.96. The van der Waals surface area contributed by atoms with E-state index >= 15 is 0 Å². The van der Waals surface area contributed by atoms with E-state index in [0.29, 0.717) is 16.0 Å². The minimum Gasteiger partial charge on any atom is -0.457 e. The van der Waals surface area contributed by atoms with Gasteiger partial charge in [-0.25, -0.2) is 4.79 Å². The lowest BCUT2D eigenvalue weighted by molar-refractivity contribution is -0.419. The summed E-state index contributed by atoms with van der Waals surface area (Å²) in [7, 11) is 2.00. The number of benzene rings is 1. The fourth-order valence-corrected chi connectivity index (χ4v) is 4.01. The lowest BCUT2D eigenvalue weighted by Crippen LogP contribution is -2.23. The molecule has 0 N–H and O–H groups in total. The van der Waals surface area contributed by atoms with Crippen molar-refractivity contribution >= 4 is 28.7 Å². The van der Waals surface area contributed by atoms with Crippen LogP contribution in [-0.2, 0) is 14.9 Å². The molecule has 1 aromatic rings. The second-order valence-corrected chi connectivity index (χ2v) is 8.46. The smallest absolute Gasteiger partial charge is 0.333 e. The van der Waals surface area contributed by atoms with Crippen LogP contribution in [0.1, 0.15) is 26.3 Å². The zero-order valence-corrected chi connectivity index (χ0v) is 18.8. The van der Waals surface area contributed by atoms with E-state index in [0.717, 1.165) is 11.4 Å². The molecule has 31 heavy (non-hydrogen) atoms. The maximum Gasteiger partial charge on any atom is 0.333 e. The number of fused-ring (bicyclic) bond motifs is 1. The number of esters is 1. The number of nitrogens with zero attached hydrogens (tertiary/aromatic N) is 2. The summed E-state index contributed by atoms with van der Waals surface area (Å²) >= 11 is 5.54. The van der Waals surface area contributed by atoms with Crippen molar-refractivity contribution in [2.75, 3.05) is 18.6 Å². The molecule has 0 bridgehead atoms. The topological polar surface area (TPSA) is 72.7 Å². The maximum absolute atomic E-state index is 11.7. The number of carbonyl (C=O) groups is 1. The van der Waals surface area contributed by atoms with Crippen LogP contribution in [0.25, 0.3) is 0 Å². The van der Waals surface area contributed by atoms with Gasteiger partial charge in [-0.2, -0.15) is 0 Å². The van der Waals surface area contributed by atoms with Crippen molar-refractivity contribution in [3.8, 4) is 0 Å². The predicted molar refractivity (Wildman–Crippen MR) is 126 cm³/mol. The Morgan fingerprint density at radius 3 is 2.58 bits per heavy atom. The van der Waals surface area contributed by atoms with E-state index in [1.807, 2.05) is 25.3 Å². The van der Waals surface area contributed by atoms with Crippen LogP contribution in [0.4, 0.5) is 5.69 Å². The first-order valence-corrected chi connectivity index (χ1v) is 10.1. The molecule has 0 saturated heterocycles. The average Bonchev–Trinajstić information content (AvgIpc) is 2.91. The van der Waals surface area contributed by atoms with Gasteiger partial charge in [0.15, 0.2) is 0 Å². The quantitative estimate of drug-likeness (QED) is 0.217. The average molecular weight is 437 g/mol. The normalized spacial score (nSPS) is 19.7. The zero-order valence-electron chi connectivity index (χ0n) is 18.0. The van der Waals surface area contributed by atoms with Crippen LogP contribution >= 0.6 is 12.2 Å². The lowest BCUT2D eigenvalue weighted by atomic mass is 9.83. The van der Waals surface area contributed by atoms with Crippen LogP contribution < -0.4 is 4.90 Å². The summed E-state index contributed by atoms with van der Waals surface area (Å²) in [6, 6.07) is 8.18. The summed E-state index contributed by atoms with van der Waals surface area (Å²) in [5, 5.41) is 11.4. The van der Waals surface area contributed by atoms with Gasteiger partial charge in [-0.05, 0) is 30.2 Å². The molecule has 0 saturated carbocycles. The number of anilines is 1. The molecule has 6 nitrogen and oxygen atoms in total. The number of carbonyl (C=O) groups excluding carboxylic acids is 1. The monoisotopic (exact) mass is 436 g/mol. The second kappa shape index (κ2) is 8.43. The van der Waals surface area contributed by atoms with Crippen LogP contribution in [0.3, 0.4) is 0 Å². The first-order valence-electron chi connectivity index (χ1n) is 9.73. The lowest BCUT2D eigenvalue weighted by Gasteiger charge is -2.24. The number of ether oxygens (including phenoxy) is 1. The number of likely N-dealkylation sites (N-methyl/N-ethyl adjacent to an activating group) is 1. The Balaban J connectivity index is 1.95. The molecule has 0 radical (unpaired) electrons. The van der Waals surface area contributed by atoms with Gasteiger partial charge in [-0.1, -0.05) is 56.9 Å². The summed E-state index contributed by atoms with van der Waals surface area (Å²) in [5.41, 5.74) is 4.22. The Kier molecular flexibility index (Phi) is 6.08. The highest BCUT2D eigenvalue weighted by atomic mass is 32.1. The summed E-state index contributed by atoms with van der Waals surface area (Å²) in [4.78, 5) is 25.2. The van der Waals surface area contributed by atoms with Gasteiger partial charge in [0.2, 0.25) is 0 Å². The largest absolute Gasteiger partial charge is 0.457 e. The van der Waals surface area contributed by atoms with E-state index < -0.39 is 10.9 Å². The maximum atomic E-state index is 11.7. The van der Waals surface area contributed by atoms with Crippen molar-refractivity contribution in [3.05, 3.63) is 98.9 Å². The molecule has 160 valence electrons. The van der Waals surface area contributed by atoms with Crippen LogP contribution in [0.15, 0.2) is 83.3 Å². The SMILES string of the molecule is C=C(C)C(=O)OCC1=CC([N+](=O)[O-])=C/C(=C/C=C2/N(C)c3ccccc3C2(C)C)C1=S. The molecule has 0 fully saturated rings. The number of hydrogen-bond acceptors (Lipinski definition) is 6. The van der Waals surface area contributed by atoms with Gasteiger partial charge < -0.3 is 9.64 Å². The molecule has 0 unspecified atom stereocenters. The van der Waals surface area contributed by atoms with Gasteiger partial charge in [-0.15, -0.1) is 0 Å². The van der Waals surface area contributed by atoms with E-state index in [1.165, 1.54) is 24.6 Å². The Morgan fingerprint density at radius 2 is 1.97 bits per heavy atom. The predicted octanol–water partition coefficient (Wildman–Crippen LogP) is 4.81. The number of nitro groups is 1.